The van der Waals surface area contributed by atoms with Gasteiger partial charge in [0.2, 0.25) is 0 Å². The molecule has 1 aliphatic rings. The number of anilines is 1. The lowest BCUT2D eigenvalue weighted by atomic mass is 10.2. The second-order valence-corrected chi connectivity index (χ2v) is 4.03. The number of ether oxygens (including phenoxy) is 2. The number of rotatable bonds is 4. The van der Waals surface area contributed by atoms with E-state index in [4.69, 9.17) is 9.47 Å². The van der Waals surface area contributed by atoms with E-state index >= 15 is 0 Å². The van der Waals surface area contributed by atoms with Crippen molar-refractivity contribution in [1.29, 1.82) is 0 Å². The Bertz CT molecular complexity index is 357. The van der Waals surface area contributed by atoms with Gasteiger partial charge in [-0.05, 0) is 19.2 Å². The molecule has 1 aromatic heterocycles. The van der Waals surface area contributed by atoms with Crippen LogP contribution in [-0.4, -0.2) is 51.5 Å². The van der Waals surface area contributed by atoms with Gasteiger partial charge in [-0.15, -0.1) is 0 Å². The van der Waals surface area contributed by atoms with Gasteiger partial charge in [-0.25, -0.2) is 4.98 Å². The van der Waals surface area contributed by atoms with Gasteiger partial charge in [0.05, 0.1) is 19.8 Å². The van der Waals surface area contributed by atoms with Gasteiger partial charge in [0.1, 0.15) is 0 Å². The highest BCUT2D eigenvalue weighted by Crippen LogP contribution is 2.26. The highest BCUT2D eigenvalue weighted by molar-refractivity contribution is 5.52. The SMILES string of the molecule is CNCC1CN(c2ncccc2OC)CCO1. The number of hydrogen-bond acceptors (Lipinski definition) is 5. The Morgan fingerprint density at radius 3 is 3.29 bits per heavy atom. The second kappa shape index (κ2) is 5.84. The van der Waals surface area contributed by atoms with Crippen molar-refractivity contribution in [2.75, 3.05) is 45.3 Å². The Morgan fingerprint density at radius 1 is 1.65 bits per heavy atom. The fourth-order valence-electron chi connectivity index (χ4n) is 2.04. The van der Waals surface area contributed by atoms with Crippen LogP contribution in [0.2, 0.25) is 0 Å². The lowest BCUT2D eigenvalue weighted by Gasteiger charge is -2.34. The Labute approximate surface area is 102 Å². The molecule has 2 rings (SSSR count). The maximum Gasteiger partial charge on any atom is 0.171 e. The Morgan fingerprint density at radius 2 is 2.53 bits per heavy atom. The first-order chi connectivity index (χ1) is 8.35. The van der Waals surface area contributed by atoms with E-state index in [0.717, 1.165) is 37.8 Å². The van der Waals surface area contributed by atoms with Gasteiger partial charge in [0.15, 0.2) is 11.6 Å². The molecule has 1 saturated heterocycles. The largest absolute Gasteiger partial charge is 0.493 e. The predicted octanol–water partition coefficient (Wildman–Crippen LogP) is 0.515. The van der Waals surface area contributed by atoms with Gasteiger partial charge in [0, 0.05) is 25.8 Å². The third-order valence-electron chi connectivity index (χ3n) is 2.84. The highest BCUT2D eigenvalue weighted by Gasteiger charge is 2.22. The van der Waals surface area contributed by atoms with Crippen LogP contribution in [-0.2, 0) is 4.74 Å². The fraction of sp³-hybridized carbons (Fsp3) is 0.583. The number of likely N-dealkylation sites (N-methyl/N-ethyl adjacent to an activating group) is 1. The maximum atomic E-state index is 5.67. The molecule has 1 atom stereocenters. The number of aromatic nitrogens is 1. The zero-order valence-corrected chi connectivity index (χ0v) is 10.3. The lowest BCUT2D eigenvalue weighted by Crippen LogP contribution is -2.46. The van der Waals surface area contributed by atoms with E-state index in [2.05, 4.69) is 15.2 Å². The smallest absolute Gasteiger partial charge is 0.171 e. The predicted molar refractivity (Wildman–Crippen MR) is 66.7 cm³/mol. The Kier molecular flexibility index (Phi) is 4.17. The lowest BCUT2D eigenvalue weighted by molar-refractivity contribution is 0.0417. The molecule has 0 aromatic carbocycles. The zero-order valence-electron chi connectivity index (χ0n) is 10.3. The van der Waals surface area contributed by atoms with Gasteiger partial charge in [-0.1, -0.05) is 0 Å². The number of hydrogen-bond donors (Lipinski definition) is 1. The van der Waals surface area contributed by atoms with Crippen LogP contribution < -0.4 is 15.0 Å². The van der Waals surface area contributed by atoms with Gasteiger partial charge >= 0.3 is 0 Å². The van der Waals surface area contributed by atoms with Crippen molar-refractivity contribution in [3.63, 3.8) is 0 Å². The van der Waals surface area contributed by atoms with Crippen LogP contribution in [0.4, 0.5) is 5.82 Å². The number of nitrogens with zero attached hydrogens (tertiary/aromatic N) is 2. The minimum atomic E-state index is 0.209. The Hall–Kier alpha value is -1.33. The maximum absolute atomic E-state index is 5.67. The molecule has 1 N–H and O–H groups in total. The third-order valence-corrected chi connectivity index (χ3v) is 2.84. The van der Waals surface area contributed by atoms with Crippen molar-refractivity contribution < 1.29 is 9.47 Å². The standard InChI is InChI=1S/C12H19N3O2/c1-13-8-10-9-15(6-7-17-10)12-11(16-2)4-3-5-14-12/h3-5,10,13H,6-9H2,1-2H3. The summed E-state index contributed by atoms with van der Waals surface area (Å²) in [6.45, 7) is 3.28. The molecule has 0 amide bonds. The van der Waals surface area contributed by atoms with E-state index in [1.54, 1.807) is 13.3 Å². The van der Waals surface area contributed by atoms with Crippen molar-refractivity contribution in [2.24, 2.45) is 0 Å². The summed E-state index contributed by atoms with van der Waals surface area (Å²) < 4.78 is 11.0. The molecule has 5 nitrogen and oxygen atoms in total. The average Bonchev–Trinajstić information content (AvgIpc) is 2.39. The summed E-state index contributed by atoms with van der Waals surface area (Å²) in [5.41, 5.74) is 0. The first-order valence-electron chi connectivity index (χ1n) is 5.85. The van der Waals surface area contributed by atoms with Gasteiger partial charge in [-0.3, -0.25) is 0 Å². The van der Waals surface area contributed by atoms with Crippen LogP contribution in [0.3, 0.4) is 0 Å². The summed E-state index contributed by atoms with van der Waals surface area (Å²) in [5.74, 6) is 1.72. The van der Waals surface area contributed by atoms with Crippen molar-refractivity contribution in [1.82, 2.24) is 10.3 Å². The quantitative estimate of drug-likeness (QED) is 0.827. The van der Waals surface area contributed by atoms with Gasteiger partial charge in [-0.2, -0.15) is 0 Å². The van der Waals surface area contributed by atoms with E-state index < -0.39 is 0 Å². The molecular weight excluding hydrogens is 218 g/mol. The fourth-order valence-corrected chi connectivity index (χ4v) is 2.04. The van der Waals surface area contributed by atoms with Crippen LogP contribution >= 0.6 is 0 Å². The molecule has 1 unspecified atom stereocenters. The van der Waals surface area contributed by atoms with Crippen LogP contribution in [0.5, 0.6) is 5.75 Å². The normalized spacial score (nSPS) is 20.4. The molecule has 1 fully saturated rings. The van der Waals surface area contributed by atoms with Crippen LogP contribution in [0, 0.1) is 0 Å². The van der Waals surface area contributed by atoms with Crippen molar-refractivity contribution in [2.45, 2.75) is 6.10 Å². The molecule has 0 radical (unpaired) electrons. The minimum Gasteiger partial charge on any atom is -0.493 e. The van der Waals surface area contributed by atoms with Crippen molar-refractivity contribution in [3.8, 4) is 5.75 Å². The van der Waals surface area contributed by atoms with Crippen LogP contribution in [0.15, 0.2) is 18.3 Å². The molecule has 0 saturated carbocycles. The topological polar surface area (TPSA) is 46.6 Å². The molecular formula is C12H19N3O2. The molecule has 17 heavy (non-hydrogen) atoms. The first kappa shape index (κ1) is 12.1. The minimum absolute atomic E-state index is 0.209. The van der Waals surface area contributed by atoms with Gasteiger partial charge < -0.3 is 19.7 Å². The zero-order chi connectivity index (χ0) is 12.1. The van der Waals surface area contributed by atoms with Gasteiger partial charge in [0.25, 0.3) is 0 Å². The summed E-state index contributed by atoms with van der Waals surface area (Å²) in [6.07, 6.45) is 2.00. The van der Waals surface area contributed by atoms with E-state index in [-0.39, 0.29) is 6.10 Å². The molecule has 2 heterocycles. The summed E-state index contributed by atoms with van der Waals surface area (Å²) in [7, 11) is 3.61. The summed E-state index contributed by atoms with van der Waals surface area (Å²) in [4.78, 5) is 6.61. The molecule has 1 aromatic rings. The number of methoxy groups -OCH3 is 1. The van der Waals surface area contributed by atoms with Crippen LogP contribution in [0.25, 0.3) is 0 Å². The summed E-state index contributed by atoms with van der Waals surface area (Å²) >= 11 is 0. The Balaban J connectivity index is 2.10. The van der Waals surface area contributed by atoms with E-state index in [1.165, 1.54) is 0 Å². The molecule has 5 heteroatoms. The monoisotopic (exact) mass is 237 g/mol. The molecule has 0 aliphatic carbocycles. The summed E-state index contributed by atoms with van der Waals surface area (Å²) in [6, 6.07) is 3.82. The molecule has 0 spiro atoms. The number of pyridine rings is 1. The molecule has 94 valence electrons. The van der Waals surface area contributed by atoms with E-state index in [9.17, 15) is 0 Å². The highest BCUT2D eigenvalue weighted by atomic mass is 16.5. The third kappa shape index (κ3) is 2.87. The number of nitrogens with one attached hydrogen (secondary N) is 1. The first-order valence-corrected chi connectivity index (χ1v) is 5.85. The van der Waals surface area contributed by atoms with Crippen LogP contribution in [0.1, 0.15) is 0 Å². The van der Waals surface area contributed by atoms with E-state index in [0.29, 0.717) is 0 Å². The van der Waals surface area contributed by atoms with Crippen molar-refractivity contribution in [3.05, 3.63) is 18.3 Å². The summed E-state index contributed by atoms with van der Waals surface area (Å²) in [5, 5.41) is 3.13. The second-order valence-electron chi connectivity index (χ2n) is 4.03. The van der Waals surface area contributed by atoms with Crippen molar-refractivity contribution >= 4 is 5.82 Å². The molecule has 0 bridgehead atoms. The average molecular weight is 237 g/mol. The molecule has 1 aliphatic heterocycles. The number of morpholine rings is 1. The van der Waals surface area contributed by atoms with E-state index in [1.807, 2.05) is 19.2 Å².